The molecule has 1 aliphatic heterocycles. The Morgan fingerprint density at radius 3 is 1.42 bits per heavy atom. The number of anilines is 6. The summed E-state index contributed by atoms with van der Waals surface area (Å²) in [6.45, 7) is 14.4. The van der Waals surface area contributed by atoms with Gasteiger partial charge in [-0.2, -0.15) is 0 Å². The van der Waals surface area contributed by atoms with E-state index in [9.17, 15) is 0 Å². The quantitative estimate of drug-likeness (QED) is 0.170. The van der Waals surface area contributed by atoms with Crippen molar-refractivity contribution in [3.63, 3.8) is 0 Å². The molecule has 0 spiro atoms. The van der Waals surface area contributed by atoms with Crippen LogP contribution in [-0.2, 0) is 16.2 Å². The fraction of sp³-hybridized carbons (Fsp3) is 0.138. The highest BCUT2D eigenvalue weighted by atomic mass is 15.2. The second-order valence-electron chi connectivity index (χ2n) is 20.6. The standard InChI is InChI=1S/C65H52N2/c1-63(2)54-23-13-11-21-50(54)52-34-30-45(38-57(52)63)66(46-31-35-53-51-22-12-14-24-55(51)64(3,4)58(53)39-46)47-32-36-61-59(40-47)65(5,6)56-25-15-16-26-60(56)67(61)62-48-20-10-9-18-42(48)29-33-49(62)44-28-27-41-17-7-8-19-43(41)37-44/h7-40H,1-6H3. The topological polar surface area (TPSA) is 6.48 Å². The summed E-state index contributed by atoms with van der Waals surface area (Å²) >= 11 is 0. The Kier molecular flexibility index (Phi) is 8.38. The van der Waals surface area contributed by atoms with Gasteiger partial charge >= 0.3 is 0 Å². The Labute approximate surface area is 394 Å². The molecule has 3 aliphatic rings. The van der Waals surface area contributed by atoms with E-state index in [2.05, 4.69) is 258 Å². The Balaban J connectivity index is 1.05. The molecular formula is C65H52N2. The SMILES string of the molecule is CC1(C)c2ccccc2-c2ccc(N(c3ccc4c(c3)C(C)(C)c3ccccc3-4)c3ccc4c(c3)C(C)(C)c3ccccc3N4c3c(-c4ccc5ccccc5c4)ccc4ccccc34)cc21. The monoisotopic (exact) mass is 860 g/mol. The fourth-order valence-corrected chi connectivity index (χ4v) is 12.3. The van der Waals surface area contributed by atoms with Gasteiger partial charge in [0, 0.05) is 44.3 Å². The number of fused-ring (bicyclic) bond motifs is 10. The number of hydrogen-bond acceptors (Lipinski definition) is 2. The highest BCUT2D eigenvalue weighted by Gasteiger charge is 2.41. The molecule has 0 atom stereocenters. The van der Waals surface area contributed by atoms with E-state index < -0.39 is 0 Å². The predicted octanol–water partition coefficient (Wildman–Crippen LogP) is 17.9. The Hall–Kier alpha value is -7.68. The van der Waals surface area contributed by atoms with E-state index >= 15 is 0 Å². The van der Waals surface area contributed by atoms with Gasteiger partial charge in [0.05, 0.1) is 17.1 Å². The van der Waals surface area contributed by atoms with E-state index in [-0.39, 0.29) is 16.2 Å². The summed E-state index contributed by atoms with van der Waals surface area (Å²) in [6.07, 6.45) is 0. The maximum absolute atomic E-state index is 2.57. The van der Waals surface area contributed by atoms with Crippen molar-refractivity contribution in [1.29, 1.82) is 0 Å². The van der Waals surface area contributed by atoms with Gasteiger partial charge in [-0.3, -0.25) is 0 Å². The minimum Gasteiger partial charge on any atom is -0.310 e. The van der Waals surface area contributed by atoms with E-state index in [0.717, 1.165) is 17.1 Å². The Bertz CT molecular complexity index is 3590. The molecule has 322 valence electrons. The molecule has 13 rings (SSSR count). The molecule has 0 aromatic heterocycles. The first kappa shape index (κ1) is 39.7. The van der Waals surface area contributed by atoms with Gasteiger partial charge in [-0.25, -0.2) is 0 Å². The molecule has 2 aliphatic carbocycles. The van der Waals surface area contributed by atoms with Crippen LogP contribution in [0.1, 0.15) is 74.9 Å². The molecule has 0 bridgehead atoms. The van der Waals surface area contributed by atoms with Crippen molar-refractivity contribution in [3.8, 4) is 33.4 Å². The van der Waals surface area contributed by atoms with Gasteiger partial charge in [0.25, 0.3) is 0 Å². The van der Waals surface area contributed by atoms with E-state index in [4.69, 9.17) is 0 Å². The van der Waals surface area contributed by atoms with Crippen molar-refractivity contribution in [3.05, 3.63) is 240 Å². The zero-order chi connectivity index (χ0) is 45.4. The molecule has 2 nitrogen and oxygen atoms in total. The van der Waals surface area contributed by atoms with Crippen LogP contribution < -0.4 is 9.80 Å². The van der Waals surface area contributed by atoms with Crippen molar-refractivity contribution >= 4 is 55.7 Å². The Morgan fingerprint density at radius 1 is 0.313 bits per heavy atom. The van der Waals surface area contributed by atoms with Crippen molar-refractivity contribution in [2.45, 2.75) is 57.8 Å². The lowest BCUT2D eigenvalue weighted by molar-refractivity contribution is 0.632. The van der Waals surface area contributed by atoms with Crippen molar-refractivity contribution < 1.29 is 0 Å². The van der Waals surface area contributed by atoms with Crippen molar-refractivity contribution in [2.75, 3.05) is 9.80 Å². The molecule has 1 heterocycles. The first-order valence-electron chi connectivity index (χ1n) is 23.8. The smallest absolute Gasteiger partial charge is 0.0618 e. The fourth-order valence-electron chi connectivity index (χ4n) is 12.3. The van der Waals surface area contributed by atoms with Gasteiger partial charge in [-0.15, -0.1) is 0 Å². The van der Waals surface area contributed by atoms with Crippen molar-refractivity contribution in [2.24, 2.45) is 0 Å². The molecule has 0 radical (unpaired) electrons. The third-order valence-electron chi connectivity index (χ3n) is 15.8. The van der Waals surface area contributed by atoms with Gasteiger partial charge in [-0.05, 0) is 132 Å². The first-order chi connectivity index (χ1) is 32.5. The number of para-hydroxylation sites is 1. The van der Waals surface area contributed by atoms with Crippen LogP contribution in [0.25, 0.3) is 54.9 Å². The summed E-state index contributed by atoms with van der Waals surface area (Å²) in [5.74, 6) is 0. The lowest BCUT2D eigenvalue weighted by Gasteiger charge is -2.43. The molecule has 0 N–H and O–H groups in total. The first-order valence-corrected chi connectivity index (χ1v) is 23.8. The number of rotatable bonds is 5. The molecule has 10 aromatic rings. The summed E-state index contributed by atoms with van der Waals surface area (Å²) in [5, 5.41) is 4.93. The third kappa shape index (κ3) is 5.69. The second-order valence-corrected chi connectivity index (χ2v) is 20.6. The van der Waals surface area contributed by atoms with Gasteiger partial charge in [0.15, 0.2) is 0 Å². The number of hydrogen-bond donors (Lipinski definition) is 0. The van der Waals surface area contributed by atoms with E-state index in [1.54, 1.807) is 0 Å². The van der Waals surface area contributed by atoms with Gasteiger partial charge < -0.3 is 9.80 Å². The predicted molar refractivity (Wildman–Crippen MR) is 284 cm³/mol. The van der Waals surface area contributed by atoms with Crippen LogP contribution in [0, 0.1) is 0 Å². The maximum atomic E-state index is 2.57. The van der Waals surface area contributed by atoms with Crippen LogP contribution in [0.3, 0.4) is 0 Å². The zero-order valence-electron chi connectivity index (χ0n) is 39.0. The lowest BCUT2D eigenvalue weighted by Crippen LogP contribution is -2.31. The van der Waals surface area contributed by atoms with Crippen LogP contribution in [-0.4, -0.2) is 0 Å². The molecule has 0 fully saturated rings. The largest absolute Gasteiger partial charge is 0.310 e. The molecule has 10 aromatic carbocycles. The number of benzene rings is 10. The van der Waals surface area contributed by atoms with E-state index in [1.807, 2.05) is 0 Å². The van der Waals surface area contributed by atoms with E-state index in [0.29, 0.717) is 0 Å². The molecule has 0 saturated carbocycles. The van der Waals surface area contributed by atoms with E-state index in [1.165, 1.54) is 105 Å². The molecule has 0 saturated heterocycles. The highest BCUT2D eigenvalue weighted by molar-refractivity contribution is 6.08. The molecule has 67 heavy (non-hydrogen) atoms. The summed E-state index contributed by atoms with van der Waals surface area (Å²) in [7, 11) is 0. The summed E-state index contributed by atoms with van der Waals surface area (Å²) in [5.41, 5.74) is 22.3. The summed E-state index contributed by atoms with van der Waals surface area (Å²) in [6, 6.07) is 77.8. The molecule has 2 heteroatoms. The zero-order valence-corrected chi connectivity index (χ0v) is 39.0. The summed E-state index contributed by atoms with van der Waals surface area (Å²) < 4.78 is 0. The number of nitrogens with zero attached hydrogens (tertiary/aromatic N) is 2. The highest BCUT2D eigenvalue weighted by Crippen LogP contribution is 2.58. The average molecular weight is 861 g/mol. The molecule has 0 amide bonds. The molecular weight excluding hydrogens is 809 g/mol. The molecule has 0 unspecified atom stereocenters. The van der Waals surface area contributed by atoms with Gasteiger partial charge in [0.1, 0.15) is 0 Å². The third-order valence-corrected chi connectivity index (χ3v) is 15.8. The second kappa shape index (κ2) is 14.2. The van der Waals surface area contributed by atoms with Crippen LogP contribution in [0.2, 0.25) is 0 Å². The van der Waals surface area contributed by atoms with Crippen LogP contribution in [0.15, 0.2) is 206 Å². The van der Waals surface area contributed by atoms with Gasteiger partial charge in [-0.1, -0.05) is 193 Å². The normalized spacial score (nSPS) is 15.3. The minimum atomic E-state index is -0.319. The van der Waals surface area contributed by atoms with Gasteiger partial charge in [0.2, 0.25) is 0 Å². The van der Waals surface area contributed by atoms with Crippen LogP contribution >= 0.6 is 0 Å². The average Bonchev–Trinajstić information content (AvgIpc) is 3.73. The summed E-state index contributed by atoms with van der Waals surface area (Å²) in [4.78, 5) is 5.10. The van der Waals surface area contributed by atoms with Crippen LogP contribution in [0.5, 0.6) is 0 Å². The van der Waals surface area contributed by atoms with Crippen molar-refractivity contribution in [1.82, 2.24) is 0 Å². The lowest BCUT2D eigenvalue weighted by atomic mass is 9.73. The Morgan fingerprint density at radius 2 is 0.761 bits per heavy atom. The minimum absolute atomic E-state index is 0.140. The van der Waals surface area contributed by atoms with Crippen LogP contribution in [0.4, 0.5) is 34.1 Å². The maximum Gasteiger partial charge on any atom is 0.0618 e.